The highest BCUT2D eigenvalue weighted by atomic mass is 16.5. The highest BCUT2D eigenvalue weighted by Crippen LogP contribution is 2.18. The van der Waals surface area contributed by atoms with E-state index in [9.17, 15) is 19.2 Å². The molecule has 4 amide bonds. The van der Waals surface area contributed by atoms with Gasteiger partial charge < -0.3 is 15.0 Å². The van der Waals surface area contributed by atoms with Crippen LogP contribution in [0.5, 0.6) is 0 Å². The predicted octanol–water partition coefficient (Wildman–Crippen LogP) is 1.96. The van der Waals surface area contributed by atoms with Crippen LogP contribution in [-0.4, -0.2) is 44.0 Å². The van der Waals surface area contributed by atoms with Crippen LogP contribution < -0.4 is 15.5 Å². The molecule has 0 aliphatic carbocycles. The van der Waals surface area contributed by atoms with E-state index in [1.54, 1.807) is 43.4 Å². The summed E-state index contributed by atoms with van der Waals surface area (Å²) in [5.41, 5.74) is 0.821. The Morgan fingerprint density at radius 3 is 2.11 bits per heavy atom. The lowest BCUT2D eigenvalue weighted by atomic mass is 10.1. The first-order valence-electron chi connectivity index (χ1n) is 8.50. The zero-order valence-corrected chi connectivity index (χ0v) is 15.8. The smallest absolute Gasteiger partial charge is 0.339 e. The van der Waals surface area contributed by atoms with Gasteiger partial charge in [0.1, 0.15) is 0 Å². The minimum absolute atomic E-state index is 0.0230. The number of nitrogens with one attached hydrogen (secondary N) is 2. The molecule has 1 unspecified atom stereocenters. The largest absolute Gasteiger partial charge is 0.449 e. The van der Waals surface area contributed by atoms with Crippen molar-refractivity contribution in [2.75, 3.05) is 19.0 Å². The van der Waals surface area contributed by atoms with Crippen LogP contribution in [0.15, 0.2) is 54.6 Å². The van der Waals surface area contributed by atoms with Gasteiger partial charge >= 0.3 is 12.0 Å². The maximum atomic E-state index is 12.9. The van der Waals surface area contributed by atoms with Gasteiger partial charge in [-0.3, -0.25) is 14.9 Å². The van der Waals surface area contributed by atoms with Crippen LogP contribution in [0.4, 0.5) is 10.5 Å². The Kier molecular flexibility index (Phi) is 6.86. The summed E-state index contributed by atoms with van der Waals surface area (Å²) in [5, 5.41) is 4.25. The molecule has 0 aliphatic heterocycles. The summed E-state index contributed by atoms with van der Waals surface area (Å²) in [7, 11) is 2.95. The second kappa shape index (κ2) is 9.31. The number of hydrogen-bond donors (Lipinski definition) is 2. The third-order valence-electron chi connectivity index (χ3n) is 3.94. The van der Waals surface area contributed by atoms with Crippen LogP contribution in [0.25, 0.3) is 0 Å². The van der Waals surface area contributed by atoms with E-state index in [0.717, 1.165) is 0 Å². The van der Waals surface area contributed by atoms with Crippen LogP contribution in [-0.2, 0) is 9.53 Å². The Bertz CT molecular complexity index is 882. The SMILES string of the molecule is CNC(=O)NC(=O)C(C)OC(=O)c1ccccc1C(=O)N(C)c1ccccc1. The number of carbonyl (C=O) groups excluding carboxylic acids is 4. The normalized spacial score (nSPS) is 11.1. The van der Waals surface area contributed by atoms with Crippen molar-refractivity contribution >= 4 is 29.5 Å². The van der Waals surface area contributed by atoms with E-state index >= 15 is 0 Å². The second-order valence-electron chi connectivity index (χ2n) is 5.86. The molecule has 2 rings (SSSR count). The van der Waals surface area contributed by atoms with Gasteiger partial charge in [-0.1, -0.05) is 30.3 Å². The first kappa shape index (κ1) is 20.6. The molecule has 28 heavy (non-hydrogen) atoms. The van der Waals surface area contributed by atoms with Gasteiger partial charge in [0.2, 0.25) is 0 Å². The molecule has 0 saturated carbocycles. The summed E-state index contributed by atoms with van der Waals surface area (Å²) in [6.07, 6.45) is -1.22. The molecule has 0 spiro atoms. The van der Waals surface area contributed by atoms with Crippen molar-refractivity contribution in [3.63, 3.8) is 0 Å². The van der Waals surface area contributed by atoms with E-state index < -0.39 is 29.9 Å². The van der Waals surface area contributed by atoms with E-state index in [1.807, 2.05) is 11.4 Å². The van der Waals surface area contributed by atoms with Crippen molar-refractivity contribution in [2.45, 2.75) is 13.0 Å². The van der Waals surface area contributed by atoms with Gasteiger partial charge in [0.15, 0.2) is 6.10 Å². The third kappa shape index (κ3) is 4.94. The number of benzene rings is 2. The molecule has 2 N–H and O–H groups in total. The molecule has 0 fully saturated rings. The van der Waals surface area contributed by atoms with E-state index in [2.05, 4.69) is 5.32 Å². The summed E-state index contributed by atoms with van der Waals surface area (Å²) < 4.78 is 5.12. The molecule has 2 aromatic rings. The Labute approximate surface area is 162 Å². The van der Waals surface area contributed by atoms with Crippen molar-refractivity contribution in [3.8, 4) is 0 Å². The molecule has 8 heteroatoms. The Balaban J connectivity index is 2.19. The first-order valence-corrected chi connectivity index (χ1v) is 8.50. The van der Waals surface area contributed by atoms with E-state index in [1.165, 1.54) is 31.0 Å². The summed E-state index contributed by atoms with van der Waals surface area (Å²) in [6.45, 7) is 1.33. The number of urea groups is 1. The maximum Gasteiger partial charge on any atom is 0.339 e. The molecular formula is C20H21N3O5. The minimum Gasteiger partial charge on any atom is -0.449 e. The van der Waals surface area contributed by atoms with Gasteiger partial charge in [-0.25, -0.2) is 9.59 Å². The number of anilines is 1. The molecule has 146 valence electrons. The lowest BCUT2D eigenvalue weighted by molar-refractivity contribution is -0.127. The summed E-state index contributed by atoms with van der Waals surface area (Å²) in [4.78, 5) is 49.9. The molecule has 0 bridgehead atoms. The molecule has 0 radical (unpaired) electrons. The van der Waals surface area contributed by atoms with Crippen molar-refractivity contribution < 1.29 is 23.9 Å². The standard InChI is InChI=1S/C20H21N3O5/c1-13(17(24)22-20(27)21-2)28-19(26)16-12-8-7-11-15(16)18(25)23(3)14-9-5-4-6-10-14/h4-13H,1-3H3,(H2,21,22,24,27). The van der Waals surface area contributed by atoms with Gasteiger partial charge in [-0.05, 0) is 31.2 Å². The molecule has 1 atom stereocenters. The van der Waals surface area contributed by atoms with Crippen LogP contribution in [0.1, 0.15) is 27.6 Å². The highest BCUT2D eigenvalue weighted by Gasteiger charge is 2.25. The van der Waals surface area contributed by atoms with Crippen LogP contribution in [0.3, 0.4) is 0 Å². The lowest BCUT2D eigenvalue weighted by Crippen LogP contribution is -2.43. The zero-order chi connectivity index (χ0) is 20.7. The Hall–Kier alpha value is -3.68. The number of hydrogen-bond acceptors (Lipinski definition) is 5. The average Bonchev–Trinajstić information content (AvgIpc) is 2.72. The number of rotatable bonds is 5. The fraction of sp³-hybridized carbons (Fsp3) is 0.200. The average molecular weight is 383 g/mol. The van der Waals surface area contributed by atoms with Gasteiger partial charge in [0.05, 0.1) is 11.1 Å². The summed E-state index contributed by atoms with van der Waals surface area (Å²) >= 11 is 0. The van der Waals surface area contributed by atoms with Crippen LogP contribution >= 0.6 is 0 Å². The molecule has 0 heterocycles. The number of esters is 1. The number of ether oxygens (including phenoxy) is 1. The van der Waals surface area contributed by atoms with E-state index in [-0.39, 0.29) is 11.1 Å². The molecular weight excluding hydrogens is 362 g/mol. The van der Waals surface area contributed by atoms with Crippen molar-refractivity contribution in [1.82, 2.24) is 10.6 Å². The van der Waals surface area contributed by atoms with Crippen molar-refractivity contribution in [1.29, 1.82) is 0 Å². The summed E-state index contributed by atoms with van der Waals surface area (Å²) in [6, 6.07) is 14.4. The number of amides is 4. The number of carbonyl (C=O) groups is 4. The number of para-hydroxylation sites is 1. The fourth-order valence-electron chi connectivity index (χ4n) is 2.35. The molecule has 0 saturated heterocycles. The van der Waals surface area contributed by atoms with Gasteiger partial charge in [-0.2, -0.15) is 0 Å². The fourth-order valence-corrected chi connectivity index (χ4v) is 2.35. The zero-order valence-electron chi connectivity index (χ0n) is 15.8. The van der Waals surface area contributed by atoms with Crippen molar-refractivity contribution in [2.24, 2.45) is 0 Å². The molecule has 8 nitrogen and oxygen atoms in total. The molecule has 2 aromatic carbocycles. The second-order valence-corrected chi connectivity index (χ2v) is 5.86. The topological polar surface area (TPSA) is 105 Å². The van der Waals surface area contributed by atoms with Gasteiger partial charge in [-0.15, -0.1) is 0 Å². The van der Waals surface area contributed by atoms with Gasteiger partial charge in [0.25, 0.3) is 11.8 Å². The highest BCUT2D eigenvalue weighted by molar-refractivity contribution is 6.12. The quantitative estimate of drug-likeness (QED) is 0.768. The molecule has 0 aromatic heterocycles. The monoisotopic (exact) mass is 383 g/mol. The van der Waals surface area contributed by atoms with E-state index in [0.29, 0.717) is 5.69 Å². The van der Waals surface area contributed by atoms with Crippen LogP contribution in [0.2, 0.25) is 0 Å². The third-order valence-corrected chi connectivity index (χ3v) is 3.94. The Morgan fingerprint density at radius 1 is 0.929 bits per heavy atom. The first-order chi connectivity index (χ1) is 13.3. The predicted molar refractivity (Wildman–Crippen MR) is 103 cm³/mol. The Morgan fingerprint density at radius 2 is 1.50 bits per heavy atom. The maximum absolute atomic E-state index is 12.9. The molecule has 0 aliphatic rings. The van der Waals surface area contributed by atoms with Crippen LogP contribution in [0, 0.1) is 0 Å². The minimum atomic E-state index is -1.22. The van der Waals surface area contributed by atoms with Gasteiger partial charge in [0, 0.05) is 19.8 Å². The number of imide groups is 1. The number of nitrogens with zero attached hydrogens (tertiary/aromatic N) is 1. The van der Waals surface area contributed by atoms with Crippen molar-refractivity contribution in [3.05, 3.63) is 65.7 Å². The lowest BCUT2D eigenvalue weighted by Gasteiger charge is -2.19. The van der Waals surface area contributed by atoms with E-state index in [4.69, 9.17) is 4.74 Å². The summed E-state index contributed by atoms with van der Waals surface area (Å²) in [5.74, 6) is -2.02.